The Morgan fingerprint density at radius 2 is 2.22 bits per heavy atom. The van der Waals surface area contributed by atoms with Crippen LogP contribution >= 0.6 is 0 Å². The van der Waals surface area contributed by atoms with Crippen molar-refractivity contribution in [2.24, 2.45) is 0 Å². The second kappa shape index (κ2) is 7.08. The number of likely N-dealkylation sites (tertiary alicyclic amines) is 1. The molecule has 0 saturated carbocycles. The van der Waals surface area contributed by atoms with Gasteiger partial charge in [0.15, 0.2) is 0 Å². The third-order valence-electron chi connectivity index (χ3n) is 4.26. The molecule has 8 nitrogen and oxygen atoms in total. The number of hydrogen-bond donors (Lipinski definition) is 2. The summed E-state index contributed by atoms with van der Waals surface area (Å²) in [4.78, 5) is 39.5. The lowest BCUT2D eigenvalue weighted by Crippen LogP contribution is -2.70. The van der Waals surface area contributed by atoms with E-state index in [9.17, 15) is 9.59 Å². The first kappa shape index (κ1) is 16.7. The minimum Gasteiger partial charge on any atom is -0.483 e. The summed E-state index contributed by atoms with van der Waals surface area (Å²) >= 11 is 0. The van der Waals surface area contributed by atoms with Crippen molar-refractivity contribution >= 4 is 18.4 Å². The first-order valence-corrected chi connectivity index (χ1v) is 7.28. The van der Waals surface area contributed by atoms with Gasteiger partial charge in [-0.1, -0.05) is 6.07 Å². The van der Waals surface area contributed by atoms with Crippen LogP contribution in [-0.2, 0) is 16.0 Å². The third-order valence-corrected chi connectivity index (χ3v) is 4.26. The van der Waals surface area contributed by atoms with Crippen molar-refractivity contribution in [2.75, 3.05) is 26.7 Å². The van der Waals surface area contributed by atoms with Crippen molar-refractivity contribution < 1.29 is 19.5 Å². The van der Waals surface area contributed by atoms with E-state index in [-0.39, 0.29) is 23.9 Å². The summed E-state index contributed by atoms with van der Waals surface area (Å²) < 4.78 is 0. The van der Waals surface area contributed by atoms with Gasteiger partial charge in [0.2, 0.25) is 5.91 Å². The Kier molecular flexibility index (Phi) is 5.15. The molecule has 0 aromatic carbocycles. The van der Waals surface area contributed by atoms with Gasteiger partial charge in [-0.2, -0.15) is 0 Å². The number of carboxylic acid groups (broad SMARTS) is 1. The molecule has 8 heteroatoms. The fraction of sp³-hybridized carbons (Fsp3) is 0.467. The first-order valence-electron chi connectivity index (χ1n) is 7.28. The van der Waals surface area contributed by atoms with Crippen molar-refractivity contribution in [2.45, 2.75) is 18.4 Å². The van der Waals surface area contributed by atoms with Crippen LogP contribution in [-0.4, -0.2) is 70.5 Å². The summed E-state index contributed by atoms with van der Waals surface area (Å²) in [6.45, 7) is 1.65. The Labute approximate surface area is 134 Å². The topological polar surface area (TPSA) is 103 Å². The minimum atomic E-state index is -0.250. The molecule has 0 unspecified atom stereocenters. The average molecular weight is 320 g/mol. The molecule has 3 heterocycles. The number of aromatic nitrogens is 1. The molecule has 3 rings (SSSR count). The van der Waals surface area contributed by atoms with Gasteiger partial charge in [-0.3, -0.25) is 14.6 Å². The van der Waals surface area contributed by atoms with Gasteiger partial charge in [0, 0.05) is 45.5 Å². The zero-order valence-electron chi connectivity index (χ0n) is 12.9. The maximum absolute atomic E-state index is 12.1. The second-order valence-electron chi connectivity index (χ2n) is 5.66. The number of amides is 3. The highest BCUT2D eigenvalue weighted by molar-refractivity contribution is 5.81. The molecule has 2 N–H and O–H groups in total. The third kappa shape index (κ3) is 3.58. The van der Waals surface area contributed by atoms with E-state index in [1.807, 2.05) is 17.0 Å². The van der Waals surface area contributed by atoms with Crippen molar-refractivity contribution in [1.82, 2.24) is 20.1 Å². The van der Waals surface area contributed by atoms with Crippen LogP contribution in [0.15, 0.2) is 24.5 Å². The molecule has 3 amide bonds. The van der Waals surface area contributed by atoms with Crippen molar-refractivity contribution in [1.29, 1.82) is 0 Å². The van der Waals surface area contributed by atoms with Crippen molar-refractivity contribution in [3.05, 3.63) is 30.1 Å². The molecule has 124 valence electrons. The van der Waals surface area contributed by atoms with Crippen LogP contribution in [0.2, 0.25) is 0 Å². The lowest BCUT2D eigenvalue weighted by molar-refractivity contribution is -0.141. The van der Waals surface area contributed by atoms with Crippen LogP contribution in [0.1, 0.15) is 12.0 Å². The van der Waals surface area contributed by atoms with E-state index in [0.29, 0.717) is 32.5 Å². The van der Waals surface area contributed by atoms with Crippen LogP contribution in [0, 0.1) is 0 Å². The van der Waals surface area contributed by atoms with E-state index < -0.39 is 0 Å². The molecule has 2 saturated heterocycles. The Balaban J connectivity index is 0.000000595. The molecule has 0 bridgehead atoms. The van der Waals surface area contributed by atoms with Crippen molar-refractivity contribution in [3.8, 4) is 0 Å². The molecule has 2 aliphatic rings. The molecule has 0 atom stereocenters. The SMILES string of the molecule is CN1C(=O)NCC12CN(C(=O)CCc1cccnc1)C2.O=CO. The monoisotopic (exact) mass is 320 g/mol. The van der Waals surface area contributed by atoms with Crippen LogP contribution in [0.4, 0.5) is 4.79 Å². The fourth-order valence-electron chi connectivity index (χ4n) is 2.81. The molecule has 23 heavy (non-hydrogen) atoms. The Hall–Kier alpha value is -2.64. The number of nitrogens with zero attached hydrogens (tertiary/aromatic N) is 3. The van der Waals surface area contributed by atoms with Gasteiger partial charge in [0.25, 0.3) is 6.47 Å². The van der Waals surface area contributed by atoms with Gasteiger partial charge in [0.1, 0.15) is 0 Å². The van der Waals surface area contributed by atoms with Crippen LogP contribution in [0.5, 0.6) is 0 Å². The number of urea groups is 1. The van der Waals surface area contributed by atoms with Gasteiger partial charge < -0.3 is 20.2 Å². The molecule has 1 aromatic heterocycles. The Morgan fingerprint density at radius 3 is 2.74 bits per heavy atom. The van der Waals surface area contributed by atoms with E-state index in [2.05, 4.69) is 10.3 Å². The minimum absolute atomic E-state index is 0.0486. The summed E-state index contributed by atoms with van der Waals surface area (Å²) in [5.74, 6) is 0.146. The second-order valence-corrected chi connectivity index (χ2v) is 5.66. The zero-order valence-corrected chi connectivity index (χ0v) is 12.9. The highest BCUT2D eigenvalue weighted by atomic mass is 16.3. The van der Waals surface area contributed by atoms with E-state index >= 15 is 0 Å². The number of pyridine rings is 1. The van der Waals surface area contributed by atoms with E-state index in [1.165, 1.54) is 0 Å². The molecule has 2 fully saturated rings. The van der Waals surface area contributed by atoms with E-state index in [4.69, 9.17) is 9.90 Å². The van der Waals surface area contributed by atoms with Gasteiger partial charge in [-0.05, 0) is 18.1 Å². The maximum atomic E-state index is 12.1. The number of carbonyl (C=O) groups is 3. The molecule has 1 spiro atoms. The van der Waals surface area contributed by atoms with Gasteiger partial charge in [0.05, 0.1) is 5.54 Å². The molecule has 2 aliphatic heterocycles. The molecule has 1 aromatic rings. The molecular weight excluding hydrogens is 300 g/mol. The van der Waals surface area contributed by atoms with Crippen LogP contribution in [0.3, 0.4) is 0 Å². The van der Waals surface area contributed by atoms with E-state index in [0.717, 1.165) is 5.56 Å². The van der Waals surface area contributed by atoms with Crippen molar-refractivity contribution in [3.63, 3.8) is 0 Å². The largest absolute Gasteiger partial charge is 0.483 e. The Morgan fingerprint density at radius 1 is 1.52 bits per heavy atom. The summed E-state index contributed by atoms with van der Waals surface area (Å²) in [7, 11) is 1.79. The predicted molar refractivity (Wildman–Crippen MR) is 81.7 cm³/mol. The lowest BCUT2D eigenvalue weighted by Gasteiger charge is -2.50. The summed E-state index contributed by atoms with van der Waals surface area (Å²) in [5.41, 5.74) is 0.895. The van der Waals surface area contributed by atoms with Gasteiger partial charge in [-0.15, -0.1) is 0 Å². The fourth-order valence-corrected chi connectivity index (χ4v) is 2.81. The summed E-state index contributed by atoms with van der Waals surface area (Å²) in [6.07, 6.45) is 4.72. The van der Waals surface area contributed by atoms with Gasteiger partial charge >= 0.3 is 6.03 Å². The quantitative estimate of drug-likeness (QED) is 0.760. The first-order chi connectivity index (χ1) is 11.0. The number of aryl methyl sites for hydroxylation is 1. The maximum Gasteiger partial charge on any atom is 0.317 e. The van der Waals surface area contributed by atoms with Crippen LogP contribution < -0.4 is 5.32 Å². The van der Waals surface area contributed by atoms with Crippen LogP contribution in [0.25, 0.3) is 0 Å². The lowest BCUT2D eigenvalue weighted by atomic mass is 9.89. The average Bonchev–Trinajstić information content (AvgIpc) is 2.82. The smallest absolute Gasteiger partial charge is 0.317 e. The highest BCUT2D eigenvalue weighted by Gasteiger charge is 2.53. The number of hydrogen-bond acceptors (Lipinski definition) is 4. The number of nitrogens with one attached hydrogen (secondary N) is 1. The van der Waals surface area contributed by atoms with E-state index in [1.54, 1.807) is 24.3 Å². The van der Waals surface area contributed by atoms with Gasteiger partial charge in [-0.25, -0.2) is 4.79 Å². The summed E-state index contributed by atoms with van der Waals surface area (Å²) in [6, 6.07) is 3.81. The molecule has 0 aliphatic carbocycles. The number of carbonyl (C=O) groups excluding carboxylic acids is 2. The Bertz CT molecular complexity index is 572. The standard InChI is InChI=1S/C14H18N4O2.CH2O2/c1-17-13(20)16-8-14(17)9-18(10-14)12(19)5-4-11-3-2-6-15-7-11;2-1-3/h2-3,6-7H,4-5,8-10H2,1H3,(H,16,20);1H,(H,2,3). The normalized spacial score (nSPS) is 17.9. The molecule has 0 radical (unpaired) electrons. The molecular formula is C15H20N4O4. The number of likely N-dealkylation sites (N-methyl/N-ethyl adjacent to an activating group) is 1. The number of rotatable bonds is 3. The highest BCUT2D eigenvalue weighted by Crippen LogP contribution is 2.30. The predicted octanol–water partition coefficient (Wildman–Crippen LogP) is -0.0490. The summed E-state index contributed by atoms with van der Waals surface area (Å²) in [5, 5.41) is 9.71. The zero-order chi connectivity index (χ0) is 16.9.